The van der Waals surface area contributed by atoms with Crippen LogP contribution in [-0.4, -0.2) is 24.0 Å². The lowest BCUT2D eigenvalue weighted by molar-refractivity contribution is 0.296. The van der Waals surface area contributed by atoms with Crippen LogP contribution in [0.4, 0.5) is 0 Å². The van der Waals surface area contributed by atoms with Crippen LogP contribution in [0.25, 0.3) is 0 Å². The molecule has 0 unspecified atom stereocenters. The van der Waals surface area contributed by atoms with Crippen LogP contribution >= 0.6 is 0 Å². The van der Waals surface area contributed by atoms with Crippen molar-refractivity contribution < 1.29 is 4.74 Å². The summed E-state index contributed by atoms with van der Waals surface area (Å²) in [5.74, 6) is 0. The maximum atomic E-state index is 4.97. The van der Waals surface area contributed by atoms with Crippen LogP contribution in [0.15, 0.2) is 24.7 Å². The molecule has 1 saturated heterocycles. The number of likely N-dealkylation sites (tertiary alicyclic amines) is 1. The van der Waals surface area contributed by atoms with Crippen LogP contribution in [0.1, 0.15) is 12.8 Å². The Labute approximate surface area is 67.1 Å². The first kappa shape index (κ1) is 6.92. The summed E-state index contributed by atoms with van der Waals surface area (Å²) < 4.78 is 4.97. The molecular formula is C9H13NO. The number of ether oxygens (including phenoxy) is 1. The highest BCUT2D eigenvalue weighted by molar-refractivity contribution is 5.07. The van der Waals surface area contributed by atoms with Gasteiger partial charge in [0.2, 0.25) is 0 Å². The predicted octanol–water partition coefficient (Wildman–Crippen LogP) is 1.51. The molecule has 2 heterocycles. The molecule has 0 bridgehead atoms. The molecule has 11 heavy (non-hydrogen) atoms. The van der Waals surface area contributed by atoms with Crippen molar-refractivity contribution >= 4 is 0 Å². The summed E-state index contributed by atoms with van der Waals surface area (Å²) in [6.07, 6.45) is 10.4. The summed E-state index contributed by atoms with van der Waals surface area (Å²) in [6.45, 7) is 2.47. The van der Waals surface area contributed by atoms with E-state index in [0.717, 1.165) is 0 Å². The standard InChI is InChI=1S/C9H13NO/c1-2-6-10(5-1)9-3-7-11-8-4-9/h3-4,7-9H,1-2,5-6H2. The van der Waals surface area contributed by atoms with Crippen molar-refractivity contribution in [1.29, 1.82) is 0 Å². The minimum absolute atomic E-state index is 0.492. The Hall–Kier alpha value is -0.760. The molecule has 2 rings (SSSR count). The van der Waals surface area contributed by atoms with Crippen molar-refractivity contribution in [2.45, 2.75) is 18.9 Å². The molecule has 0 aromatic rings. The van der Waals surface area contributed by atoms with Gasteiger partial charge in [-0.15, -0.1) is 0 Å². The fraction of sp³-hybridized carbons (Fsp3) is 0.556. The summed E-state index contributed by atoms with van der Waals surface area (Å²) in [4.78, 5) is 2.47. The van der Waals surface area contributed by atoms with Gasteiger partial charge in [0.05, 0.1) is 18.6 Å². The largest absolute Gasteiger partial charge is 0.473 e. The van der Waals surface area contributed by atoms with Crippen molar-refractivity contribution in [1.82, 2.24) is 4.90 Å². The summed E-state index contributed by atoms with van der Waals surface area (Å²) >= 11 is 0. The molecule has 0 aromatic carbocycles. The van der Waals surface area contributed by atoms with Crippen molar-refractivity contribution in [2.24, 2.45) is 0 Å². The zero-order valence-electron chi connectivity index (χ0n) is 6.57. The van der Waals surface area contributed by atoms with E-state index in [4.69, 9.17) is 4.74 Å². The highest BCUT2D eigenvalue weighted by atomic mass is 16.5. The highest BCUT2D eigenvalue weighted by Crippen LogP contribution is 2.15. The second kappa shape index (κ2) is 3.09. The van der Waals surface area contributed by atoms with E-state index in [2.05, 4.69) is 17.1 Å². The molecule has 0 radical (unpaired) electrons. The van der Waals surface area contributed by atoms with Gasteiger partial charge in [0, 0.05) is 0 Å². The number of rotatable bonds is 1. The molecule has 2 aliphatic rings. The van der Waals surface area contributed by atoms with Crippen LogP contribution in [-0.2, 0) is 4.74 Å². The van der Waals surface area contributed by atoms with Crippen molar-refractivity contribution in [2.75, 3.05) is 13.1 Å². The van der Waals surface area contributed by atoms with E-state index in [1.54, 1.807) is 12.5 Å². The van der Waals surface area contributed by atoms with E-state index in [1.165, 1.54) is 25.9 Å². The quantitative estimate of drug-likeness (QED) is 0.563. The van der Waals surface area contributed by atoms with Crippen LogP contribution in [0, 0.1) is 0 Å². The molecule has 0 aromatic heterocycles. The van der Waals surface area contributed by atoms with Gasteiger partial charge in [-0.1, -0.05) is 0 Å². The van der Waals surface area contributed by atoms with E-state index in [-0.39, 0.29) is 0 Å². The van der Waals surface area contributed by atoms with Gasteiger partial charge < -0.3 is 4.74 Å². The second-order valence-electron chi connectivity index (χ2n) is 3.03. The molecule has 0 atom stereocenters. The van der Waals surface area contributed by atoms with Gasteiger partial charge in [0.25, 0.3) is 0 Å². The monoisotopic (exact) mass is 151 g/mol. The first-order chi connectivity index (χ1) is 5.47. The molecule has 0 aliphatic carbocycles. The minimum Gasteiger partial charge on any atom is -0.473 e. The molecule has 0 saturated carbocycles. The lowest BCUT2D eigenvalue weighted by atomic mass is 10.2. The number of hydrogen-bond donors (Lipinski definition) is 0. The molecule has 1 fully saturated rings. The zero-order chi connectivity index (χ0) is 7.52. The summed E-state index contributed by atoms with van der Waals surface area (Å²) in [7, 11) is 0. The SMILES string of the molecule is C1=CC(N2CCCC2)C=CO1. The molecule has 0 spiro atoms. The molecular weight excluding hydrogens is 138 g/mol. The third-order valence-electron chi connectivity index (χ3n) is 2.27. The lowest BCUT2D eigenvalue weighted by Crippen LogP contribution is -2.30. The average molecular weight is 151 g/mol. The van der Waals surface area contributed by atoms with Gasteiger partial charge >= 0.3 is 0 Å². The number of hydrogen-bond acceptors (Lipinski definition) is 2. The summed E-state index contributed by atoms with van der Waals surface area (Å²) in [5, 5.41) is 0. The average Bonchev–Trinajstić information content (AvgIpc) is 2.58. The van der Waals surface area contributed by atoms with Crippen molar-refractivity contribution in [3.63, 3.8) is 0 Å². The van der Waals surface area contributed by atoms with Crippen LogP contribution in [0.3, 0.4) is 0 Å². The van der Waals surface area contributed by atoms with Gasteiger partial charge in [-0.05, 0) is 38.1 Å². The van der Waals surface area contributed by atoms with E-state index >= 15 is 0 Å². The van der Waals surface area contributed by atoms with Gasteiger partial charge in [0.15, 0.2) is 0 Å². The van der Waals surface area contributed by atoms with Gasteiger partial charge in [-0.25, -0.2) is 0 Å². The summed E-state index contributed by atoms with van der Waals surface area (Å²) in [6, 6.07) is 0.492. The fourth-order valence-electron chi connectivity index (χ4n) is 1.64. The summed E-state index contributed by atoms with van der Waals surface area (Å²) in [5.41, 5.74) is 0. The Morgan fingerprint density at radius 2 is 1.73 bits per heavy atom. The van der Waals surface area contributed by atoms with E-state index in [0.29, 0.717) is 6.04 Å². The predicted molar refractivity (Wildman–Crippen MR) is 44.0 cm³/mol. The van der Waals surface area contributed by atoms with Crippen LogP contribution < -0.4 is 0 Å². The molecule has 2 nitrogen and oxygen atoms in total. The molecule has 60 valence electrons. The zero-order valence-corrected chi connectivity index (χ0v) is 6.57. The van der Waals surface area contributed by atoms with Crippen LogP contribution in [0.5, 0.6) is 0 Å². The second-order valence-corrected chi connectivity index (χ2v) is 3.03. The Morgan fingerprint density at radius 1 is 1.09 bits per heavy atom. The Balaban J connectivity index is 1.97. The van der Waals surface area contributed by atoms with Gasteiger partial charge in [-0.3, -0.25) is 4.90 Å². The Morgan fingerprint density at radius 3 is 2.36 bits per heavy atom. The topological polar surface area (TPSA) is 12.5 Å². The Kier molecular flexibility index (Phi) is 1.95. The minimum atomic E-state index is 0.492. The third kappa shape index (κ3) is 1.46. The normalized spacial score (nSPS) is 25.8. The van der Waals surface area contributed by atoms with E-state index in [9.17, 15) is 0 Å². The fourth-order valence-corrected chi connectivity index (χ4v) is 1.64. The molecule has 2 aliphatic heterocycles. The van der Waals surface area contributed by atoms with E-state index in [1.807, 2.05) is 0 Å². The highest BCUT2D eigenvalue weighted by Gasteiger charge is 2.18. The lowest BCUT2D eigenvalue weighted by Gasteiger charge is -2.22. The van der Waals surface area contributed by atoms with Crippen molar-refractivity contribution in [3.05, 3.63) is 24.7 Å². The molecule has 0 amide bonds. The van der Waals surface area contributed by atoms with E-state index < -0.39 is 0 Å². The Bertz CT molecular complexity index is 168. The molecule has 2 heteroatoms. The first-order valence-electron chi connectivity index (χ1n) is 4.20. The smallest absolute Gasteiger partial charge is 0.0880 e. The van der Waals surface area contributed by atoms with Crippen molar-refractivity contribution in [3.8, 4) is 0 Å². The maximum absolute atomic E-state index is 4.97. The van der Waals surface area contributed by atoms with Gasteiger partial charge in [-0.2, -0.15) is 0 Å². The van der Waals surface area contributed by atoms with Crippen LogP contribution in [0.2, 0.25) is 0 Å². The third-order valence-corrected chi connectivity index (χ3v) is 2.27. The van der Waals surface area contributed by atoms with Gasteiger partial charge in [0.1, 0.15) is 0 Å². The number of nitrogens with zero attached hydrogens (tertiary/aromatic N) is 1. The maximum Gasteiger partial charge on any atom is 0.0880 e. The molecule has 0 N–H and O–H groups in total. The first-order valence-corrected chi connectivity index (χ1v) is 4.20.